The lowest BCUT2D eigenvalue weighted by Crippen LogP contribution is -2.37. The van der Waals surface area contributed by atoms with E-state index in [0.29, 0.717) is 6.54 Å². The van der Waals surface area contributed by atoms with Gasteiger partial charge in [-0.15, -0.1) is 0 Å². The molecule has 0 aliphatic heterocycles. The molecule has 1 heterocycles. The molecule has 0 aliphatic carbocycles. The molecule has 0 saturated heterocycles. The second-order valence-electron chi connectivity index (χ2n) is 6.26. The highest BCUT2D eigenvalue weighted by molar-refractivity contribution is 5.79. The van der Waals surface area contributed by atoms with E-state index in [9.17, 15) is 4.39 Å². The van der Waals surface area contributed by atoms with Gasteiger partial charge in [0.2, 0.25) is 0 Å². The van der Waals surface area contributed by atoms with Crippen LogP contribution in [0.2, 0.25) is 0 Å². The van der Waals surface area contributed by atoms with Crippen LogP contribution in [-0.4, -0.2) is 29.3 Å². The molecule has 0 spiro atoms. The molecule has 0 radical (unpaired) electrons. The molecule has 0 aliphatic rings. The highest BCUT2D eigenvalue weighted by atomic mass is 19.1. The number of nitrogens with one attached hydrogen (secondary N) is 2. The third kappa shape index (κ3) is 5.95. The molecular weight excluding hydrogens is 341 g/mol. The standard InChI is InChI=1S/C21H24FN5/c1-23-21(24-12-11-17-7-9-20(22)10-8-17)25-13-19-14-26-27(16-19)15-18-5-3-2-4-6-18/h2-10,14,16H,11-13,15H2,1H3,(H2,23,24,25). The second kappa shape index (κ2) is 9.52. The van der Waals surface area contributed by atoms with E-state index in [0.717, 1.165) is 36.6 Å². The van der Waals surface area contributed by atoms with Crippen molar-refractivity contribution in [3.8, 4) is 0 Å². The van der Waals surface area contributed by atoms with Crippen molar-refractivity contribution in [1.82, 2.24) is 20.4 Å². The van der Waals surface area contributed by atoms with E-state index in [1.54, 1.807) is 19.2 Å². The number of hydrogen-bond donors (Lipinski definition) is 2. The molecule has 27 heavy (non-hydrogen) atoms. The van der Waals surface area contributed by atoms with Gasteiger partial charge in [0.25, 0.3) is 0 Å². The van der Waals surface area contributed by atoms with Crippen LogP contribution in [0, 0.1) is 5.82 Å². The fraction of sp³-hybridized carbons (Fsp3) is 0.238. The van der Waals surface area contributed by atoms with Crippen LogP contribution in [0.5, 0.6) is 0 Å². The molecule has 0 saturated carbocycles. The Kier molecular flexibility index (Phi) is 6.57. The number of hydrogen-bond acceptors (Lipinski definition) is 2. The van der Waals surface area contributed by atoms with E-state index in [-0.39, 0.29) is 5.82 Å². The van der Waals surface area contributed by atoms with E-state index in [2.05, 4.69) is 32.9 Å². The maximum atomic E-state index is 12.9. The first-order valence-corrected chi connectivity index (χ1v) is 8.97. The van der Waals surface area contributed by atoms with Crippen molar-refractivity contribution >= 4 is 5.96 Å². The van der Waals surface area contributed by atoms with Crippen LogP contribution in [-0.2, 0) is 19.5 Å². The van der Waals surface area contributed by atoms with Crippen molar-refractivity contribution in [1.29, 1.82) is 0 Å². The third-order valence-electron chi connectivity index (χ3n) is 4.18. The molecule has 3 rings (SSSR count). The molecule has 3 aromatic rings. The zero-order valence-corrected chi connectivity index (χ0v) is 15.4. The van der Waals surface area contributed by atoms with Crippen LogP contribution in [0.25, 0.3) is 0 Å². The molecular formula is C21H24FN5. The van der Waals surface area contributed by atoms with E-state index < -0.39 is 0 Å². The largest absolute Gasteiger partial charge is 0.356 e. The SMILES string of the molecule is CN=C(NCCc1ccc(F)cc1)NCc1cnn(Cc2ccccc2)c1. The highest BCUT2D eigenvalue weighted by Crippen LogP contribution is 2.04. The molecule has 0 unspecified atom stereocenters. The highest BCUT2D eigenvalue weighted by Gasteiger charge is 2.02. The Morgan fingerprint density at radius 1 is 1.00 bits per heavy atom. The number of halogens is 1. The summed E-state index contributed by atoms with van der Waals surface area (Å²) in [6.07, 6.45) is 4.70. The maximum absolute atomic E-state index is 12.9. The first-order chi connectivity index (χ1) is 13.2. The lowest BCUT2D eigenvalue weighted by Gasteiger charge is -2.11. The summed E-state index contributed by atoms with van der Waals surface area (Å²) in [4.78, 5) is 4.23. The summed E-state index contributed by atoms with van der Waals surface area (Å²) < 4.78 is 14.9. The Balaban J connectivity index is 1.43. The van der Waals surface area contributed by atoms with Gasteiger partial charge in [0.1, 0.15) is 5.82 Å². The molecule has 1 aromatic heterocycles. The number of nitrogens with zero attached hydrogens (tertiary/aromatic N) is 3. The van der Waals surface area contributed by atoms with Gasteiger partial charge in [0.15, 0.2) is 5.96 Å². The van der Waals surface area contributed by atoms with Crippen LogP contribution in [0.4, 0.5) is 4.39 Å². The third-order valence-corrected chi connectivity index (χ3v) is 4.18. The van der Waals surface area contributed by atoms with Gasteiger partial charge < -0.3 is 10.6 Å². The summed E-state index contributed by atoms with van der Waals surface area (Å²) >= 11 is 0. The van der Waals surface area contributed by atoms with Gasteiger partial charge >= 0.3 is 0 Å². The first kappa shape index (κ1) is 18.6. The van der Waals surface area contributed by atoms with Crippen molar-refractivity contribution in [2.24, 2.45) is 4.99 Å². The summed E-state index contributed by atoms with van der Waals surface area (Å²) in [5.74, 6) is 0.518. The molecule has 6 heteroatoms. The fourth-order valence-electron chi connectivity index (χ4n) is 2.74. The minimum atomic E-state index is -0.211. The van der Waals surface area contributed by atoms with Gasteiger partial charge in [-0.05, 0) is 29.7 Å². The van der Waals surface area contributed by atoms with Crippen LogP contribution in [0.15, 0.2) is 72.0 Å². The Morgan fingerprint density at radius 2 is 1.78 bits per heavy atom. The molecule has 2 aromatic carbocycles. The van der Waals surface area contributed by atoms with Crippen molar-refractivity contribution in [3.63, 3.8) is 0 Å². The van der Waals surface area contributed by atoms with Crippen molar-refractivity contribution in [3.05, 3.63) is 89.5 Å². The van der Waals surface area contributed by atoms with Gasteiger partial charge in [-0.25, -0.2) is 4.39 Å². The summed E-state index contributed by atoms with van der Waals surface area (Å²) in [6.45, 7) is 2.12. The lowest BCUT2D eigenvalue weighted by molar-refractivity contribution is 0.626. The van der Waals surface area contributed by atoms with Crippen molar-refractivity contribution < 1.29 is 4.39 Å². The molecule has 5 nitrogen and oxygen atoms in total. The van der Waals surface area contributed by atoms with Crippen LogP contribution < -0.4 is 10.6 Å². The average Bonchev–Trinajstić information content (AvgIpc) is 3.14. The maximum Gasteiger partial charge on any atom is 0.191 e. The molecule has 140 valence electrons. The minimum Gasteiger partial charge on any atom is -0.356 e. The van der Waals surface area contributed by atoms with E-state index in [1.165, 1.54) is 17.7 Å². The number of aromatic nitrogens is 2. The molecule has 0 fully saturated rings. The van der Waals surface area contributed by atoms with Gasteiger partial charge in [-0.1, -0.05) is 42.5 Å². The van der Waals surface area contributed by atoms with Crippen LogP contribution in [0.1, 0.15) is 16.7 Å². The predicted octanol–water partition coefficient (Wildman–Crippen LogP) is 2.98. The van der Waals surface area contributed by atoms with Gasteiger partial charge in [0.05, 0.1) is 12.7 Å². The predicted molar refractivity (Wildman–Crippen MR) is 106 cm³/mol. The van der Waals surface area contributed by atoms with Crippen LogP contribution in [0.3, 0.4) is 0 Å². The van der Waals surface area contributed by atoms with Crippen molar-refractivity contribution in [2.75, 3.05) is 13.6 Å². The van der Waals surface area contributed by atoms with E-state index >= 15 is 0 Å². The molecule has 0 amide bonds. The summed E-state index contributed by atoms with van der Waals surface area (Å²) in [5, 5.41) is 11.0. The molecule has 0 bridgehead atoms. The summed E-state index contributed by atoms with van der Waals surface area (Å²) in [6, 6.07) is 16.8. The number of guanidine groups is 1. The number of aliphatic imine (C=N–C) groups is 1. The molecule has 0 atom stereocenters. The number of rotatable bonds is 7. The zero-order chi connectivity index (χ0) is 18.9. The van der Waals surface area contributed by atoms with Crippen LogP contribution >= 0.6 is 0 Å². The molecule has 2 N–H and O–H groups in total. The Labute approximate surface area is 159 Å². The monoisotopic (exact) mass is 365 g/mol. The minimum absolute atomic E-state index is 0.211. The summed E-state index contributed by atoms with van der Waals surface area (Å²) in [7, 11) is 1.74. The first-order valence-electron chi connectivity index (χ1n) is 8.97. The average molecular weight is 365 g/mol. The van der Waals surface area contributed by atoms with E-state index in [4.69, 9.17) is 0 Å². The van der Waals surface area contributed by atoms with Gasteiger partial charge in [-0.2, -0.15) is 5.10 Å². The smallest absolute Gasteiger partial charge is 0.191 e. The Morgan fingerprint density at radius 3 is 2.52 bits per heavy atom. The Bertz CT molecular complexity index is 856. The second-order valence-corrected chi connectivity index (χ2v) is 6.26. The normalized spacial score (nSPS) is 11.4. The zero-order valence-electron chi connectivity index (χ0n) is 15.4. The van der Waals surface area contributed by atoms with Crippen molar-refractivity contribution in [2.45, 2.75) is 19.5 Å². The topological polar surface area (TPSA) is 54.2 Å². The quantitative estimate of drug-likeness (QED) is 0.500. The number of benzene rings is 2. The summed E-state index contributed by atoms with van der Waals surface area (Å²) in [5.41, 5.74) is 3.40. The lowest BCUT2D eigenvalue weighted by atomic mass is 10.1. The van der Waals surface area contributed by atoms with Gasteiger partial charge in [0, 0.05) is 31.9 Å². The van der Waals surface area contributed by atoms with E-state index in [1.807, 2.05) is 35.3 Å². The Hall–Kier alpha value is -3.15. The van der Waals surface area contributed by atoms with Gasteiger partial charge in [-0.3, -0.25) is 9.67 Å². The fourth-order valence-corrected chi connectivity index (χ4v) is 2.74.